The Balaban J connectivity index is 5.21. The lowest BCUT2D eigenvalue weighted by Gasteiger charge is -1.95. The highest BCUT2D eigenvalue weighted by atomic mass is 79.9. The van der Waals surface area contributed by atoms with Crippen molar-refractivity contribution in [3.05, 3.63) is 29.3 Å². The van der Waals surface area contributed by atoms with Gasteiger partial charge < -0.3 is 0 Å². The van der Waals surface area contributed by atoms with Gasteiger partial charge in [0.1, 0.15) is 4.49 Å². The molecule has 0 bridgehead atoms. The van der Waals surface area contributed by atoms with Crippen molar-refractivity contribution in [2.45, 2.75) is 0 Å². The highest BCUT2D eigenvalue weighted by Crippen LogP contribution is 2.30. The van der Waals surface area contributed by atoms with Crippen molar-refractivity contribution in [3.63, 3.8) is 0 Å². The lowest BCUT2D eigenvalue weighted by atomic mass is 10.5. The van der Waals surface area contributed by atoms with Crippen molar-refractivity contribution in [1.29, 1.82) is 0 Å². The Labute approximate surface area is 96.2 Å². The monoisotopic (exact) mass is 313 g/mol. The van der Waals surface area contributed by atoms with E-state index in [1.165, 1.54) is 0 Å². The molecule has 3 nitrogen and oxygen atoms in total. The van der Waals surface area contributed by atoms with Crippen LogP contribution in [0.15, 0.2) is 19.2 Å². The molecule has 0 atom stereocenters. The van der Waals surface area contributed by atoms with E-state index in [0.29, 0.717) is 0 Å². The third-order valence-corrected chi connectivity index (χ3v) is 2.23. The van der Waals surface area contributed by atoms with Gasteiger partial charge in [0.05, 0.1) is 4.92 Å². The van der Waals surface area contributed by atoms with Crippen molar-refractivity contribution in [3.8, 4) is 0 Å². The Morgan fingerprint density at radius 3 is 1.75 bits per heavy atom. The fourth-order valence-electron chi connectivity index (χ4n) is 0.322. The van der Waals surface area contributed by atoms with Crippen LogP contribution in [-0.4, -0.2) is 4.92 Å². The van der Waals surface area contributed by atoms with E-state index in [1.807, 2.05) is 0 Å². The predicted octanol–water partition coefficient (Wildman–Crippen LogP) is 3.95. The Hall–Kier alpha value is 0.520. The number of hydrogen-bond donors (Lipinski definition) is 0. The molecule has 0 heterocycles. The molecular formula is C4BrCl4NO2. The molecule has 0 amide bonds. The van der Waals surface area contributed by atoms with Gasteiger partial charge in [0.15, 0.2) is 8.97 Å². The van der Waals surface area contributed by atoms with Gasteiger partial charge in [-0.05, 0) is 15.9 Å². The van der Waals surface area contributed by atoms with Gasteiger partial charge >= 0.3 is 5.70 Å². The van der Waals surface area contributed by atoms with Gasteiger partial charge in [0.25, 0.3) is 0 Å². The zero-order chi connectivity index (χ0) is 9.89. The molecule has 0 aromatic heterocycles. The summed E-state index contributed by atoms with van der Waals surface area (Å²) in [5, 5.41) is 9.87. The van der Waals surface area contributed by atoms with Gasteiger partial charge in [-0.15, -0.1) is 0 Å². The van der Waals surface area contributed by atoms with Crippen LogP contribution < -0.4 is 0 Å². The maximum atomic E-state index is 10.3. The van der Waals surface area contributed by atoms with Crippen molar-refractivity contribution in [2.24, 2.45) is 0 Å². The first-order valence-electron chi connectivity index (χ1n) is 2.28. The maximum Gasteiger partial charge on any atom is 0.315 e. The van der Waals surface area contributed by atoms with Crippen LogP contribution in [0, 0.1) is 10.1 Å². The van der Waals surface area contributed by atoms with Crippen molar-refractivity contribution < 1.29 is 4.92 Å². The minimum atomic E-state index is -0.801. The Bertz CT molecular complexity index is 266. The van der Waals surface area contributed by atoms with Gasteiger partial charge in [0, 0.05) is 0 Å². The predicted molar refractivity (Wildman–Crippen MR) is 53.4 cm³/mol. The van der Waals surface area contributed by atoms with Gasteiger partial charge in [-0.25, -0.2) is 0 Å². The van der Waals surface area contributed by atoms with Crippen LogP contribution in [0.4, 0.5) is 0 Å². The molecule has 0 fully saturated rings. The van der Waals surface area contributed by atoms with E-state index in [2.05, 4.69) is 15.9 Å². The summed E-state index contributed by atoms with van der Waals surface area (Å²) in [6.45, 7) is 0. The summed E-state index contributed by atoms with van der Waals surface area (Å²) in [4.78, 5) is 9.48. The summed E-state index contributed by atoms with van der Waals surface area (Å²) in [5.41, 5.74) is -0.571. The highest BCUT2D eigenvalue weighted by molar-refractivity contribution is 9.12. The van der Waals surface area contributed by atoms with Gasteiger partial charge in [0.2, 0.25) is 0 Å². The fourth-order valence-corrected chi connectivity index (χ4v) is 1.33. The quantitative estimate of drug-likeness (QED) is 0.440. The molecule has 8 heteroatoms. The van der Waals surface area contributed by atoms with E-state index < -0.39 is 20.1 Å². The number of nitrogens with zero attached hydrogens (tertiary/aromatic N) is 1. The van der Waals surface area contributed by atoms with Crippen LogP contribution in [0.25, 0.3) is 0 Å². The molecule has 0 aliphatic carbocycles. The van der Waals surface area contributed by atoms with Crippen LogP contribution in [0.2, 0.25) is 0 Å². The lowest BCUT2D eigenvalue weighted by molar-refractivity contribution is -0.419. The topological polar surface area (TPSA) is 43.1 Å². The Morgan fingerprint density at radius 1 is 1.25 bits per heavy atom. The molecule has 0 radical (unpaired) electrons. The van der Waals surface area contributed by atoms with Gasteiger partial charge in [-0.1, -0.05) is 46.4 Å². The molecule has 0 saturated carbocycles. The average Bonchev–Trinajstić information content (AvgIpc) is 1.85. The van der Waals surface area contributed by atoms with Crippen LogP contribution in [0.1, 0.15) is 0 Å². The summed E-state index contributed by atoms with van der Waals surface area (Å²) in [6, 6.07) is 0. The van der Waals surface area contributed by atoms with E-state index in [4.69, 9.17) is 46.4 Å². The molecule has 0 aromatic carbocycles. The van der Waals surface area contributed by atoms with Crippen molar-refractivity contribution >= 4 is 62.3 Å². The highest BCUT2D eigenvalue weighted by Gasteiger charge is 2.22. The first kappa shape index (κ1) is 12.5. The second-order valence-electron chi connectivity index (χ2n) is 1.44. The van der Waals surface area contributed by atoms with Crippen molar-refractivity contribution in [1.82, 2.24) is 0 Å². The number of allylic oxidation sites excluding steroid dienone is 1. The maximum absolute atomic E-state index is 10.3. The molecule has 0 spiro atoms. The summed E-state index contributed by atoms with van der Waals surface area (Å²) < 4.78 is -0.683. The molecule has 0 unspecified atom stereocenters. The molecule has 0 aromatic rings. The molecule has 0 aliphatic heterocycles. The SMILES string of the molecule is O=[N+]([O-])C(=C(Cl)Br)C(Cl)=C(Cl)Cl. The third kappa shape index (κ3) is 3.49. The summed E-state index contributed by atoms with van der Waals surface area (Å²) >= 11 is 23.8. The van der Waals surface area contributed by atoms with Gasteiger partial charge in [-0.3, -0.25) is 10.1 Å². The third-order valence-electron chi connectivity index (χ3n) is 0.735. The largest absolute Gasteiger partial charge is 0.315 e. The van der Waals surface area contributed by atoms with Crippen LogP contribution >= 0.6 is 62.3 Å². The molecule has 0 rings (SSSR count). The van der Waals surface area contributed by atoms with E-state index in [0.717, 1.165) is 0 Å². The average molecular weight is 316 g/mol. The van der Waals surface area contributed by atoms with E-state index >= 15 is 0 Å². The van der Waals surface area contributed by atoms with E-state index in [-0.39, 0.29) is 3.94 Å². The standard InChI is InChI=1S/C4BrCl4NO2/c5-3(7)2(10(11)12)1(6)4(8)9. The van der Waals surface area contributed by atoms with E-state index in [1.54, 1.807) is 0 Å². The molecule has 68 valence electrons. The van der Waals surface area contributed by atoms with Crippen molar-refractivity contribution in [2.75, 3.05) is 0 Å². The minimum absolute atomic E-state index is 0.267. The molecule has 0 aliphatic rings. The summed E-state index contributed by atoms with van der Waals surface area (Å²) in [5.74, 6) is 0. The summed E-state index contributed by atoms with van der Waals surface area (Å²) in [7, 11) is 0. The zero-order valence-electron chi connectivity index (χ0n) is 5.15. The first-order chi connectivity index (χ1) is 5.37. The van der Waals surface area contributed by atoms with Gasteiger partial charge in [-0.2, -0.15) is 0 Å². The number of nitro groups is 1. The molecule has 0 N–H and O–H groups in total. The number of hydrogen-bond acceptors (Lipinski definition) is 2. The van der Waals surface area contributed by atoms with Crippen LogP contribution in [0.3, 0.4) is 0 Å². The lowest BCUT2D eigenvalue weighted by Crippen LogP contribution is -1.99. The van der Waals surface area contributed by atoms with E-state index in [9.17, 15) is 10.1 Å². The Morgan fingerprint density at radius 2 is 1.67 bits per heavy atom. The molecule has 12 heavy (non-hydrogen) atoms. The smallest absolute Gasteiger partial charge is 0.258 e. The molecule has 0 saturated heterocycles. The number of halogens is 5. The summed E-state index contributed by atoms with van der Waals surface area (Å²) in [6.07, 6.45) is 0. The minimum Gasteiger partial charge on any atom is -0.258 e. The Kier molecular flexibility index (Phi) is 5.52. The number of rotatable bonds is 2. The second kappa shape index (κ2) is 5.29. The second-order valence-corrected chi connectivity index (χ2v) is 4.40. The fraction of sp³-hybridized carbons (Fsp3) is 0. The first-order valence-corrected chi connectivity index (χ1v) is 4.59. The zero-order valence-corrected chi connectivity index (χ0v) is 9.76. The molecular weight excluding hydrogens is 316 g/mol. The normalized spacial score (nSPS) is 12.1. The van der Waals surface area contributed by atoms with Crippen LogP contribution in [-0.2, 0) is 0 Å². The van der Waals surface area contributed by atoms with Crippen LogP contribution in [0.5, 0.6) is 0 Å².